The van der Waals surface area contributed by atoms with Gasteiger partial charge in [0.15, 0.2) is 11.5 Å². The molecule has 5 atom stereocenters. The molecule has 196 valence electrons. The Balaban J connectivity index is 1.38. The Kier molecular flexibility index (Phi) is 7.03. The summed E-state index contributed by atoms with van der Waals surface area (Å²) < 4.78 is 0. The summed E-state index contributed by atoms with van der Waals surface area (Å²) in [7, 11) is 0. The number of nitrogens with two attached hydrogens (primary N) is 1. The van der Waals surface area contributed by atoms with Gasteiger partial charge in [0.25, 0.3) is 0 Å². The summed E-state index contributed by atoms with van der Waals surface area (Å²) >= 11 is 0. The van der Waals surface area contributed by atoms with Crippen LogP contribution in [0.5, 0.6) is 0 Å². The topological polar surface area (TPSA) is 133 Å². The highest BCUT2D eigenvalue weighted by Crippen LogP contribution is 2.38. The van der Waals surface area contributed by atoms with Gasteiger partial charge in [0.2, 0.25) is 17.8 Å². The lowest BCUT2D eigenvalue weighted by molar-refractivity contribution is -0.139. The molecule has 0 saturated carbocycles. The van der Waals surface area contributed by atoms with E-state index in [-0.39, 0.29) is 29.8 Å². The summed E-state index contributed by atoms with van der Waals surface area (Å²) in [4.78, 5) is 47.1. The highest BCUT2D eigenvalue weighted by atomic mass is 16.2. The third-order valence-electron chi connectivity index (χ3n) is 8.42. The molecule has 0 aromatic carbocycles. The van der Waals surface area contributed by atoms with Crippen molar-refractivity contribution in [1.82, 2.24) is 30.2 Å². The van der Waals surface area contributed by atoms with Crippen LogP contribution in [0, 0.1) is 23.7 Å². The predicted octanol–water partition coefficient (Wildman–Crippen LogP) is 2.72. The number of anilines is 2. The van der Waals surface area contributed by atoms with Crippen molar-refractivity contribution >= 4 is 34.7 Å². The molecular formula is C26H40N8O2. The number of hydrogen-bond donors (Lipinski definition) is 3. The Morgan fingerprint density at radius 3 is 2.75 bits per heavy atom. The molecule has 4 N–H and O–H groups in total. The van der Waals surface area contributed by atoms with E-state index in [4.69, 9.17) is 5.73 Å². The van der Waals surface area contributed by atoms with Gasteiger partial charge in [-0.2, -0.15) is 9.97 Å². The molecule has 0 radical (unpaired) electrons. The van der Waals surface area contributed by atoms with Crippen molar-refractivity contribution in [3.63, 3.8) is 0 Å². The molecule has 0 spiro atoms. The van der Waals surface area contributed by atoms with E-state index in [1.807, 2.05) is 0 Å². The van der Waals surface area contributed by atoms with Gasteiger partial charge in [0, 0.05) is 44.6 Å². The van der Waals surface area contributed by atoms with Crippen molar-refractivity contribution in [2.75, 3.05) is 30.3 Å². The number of aromatic amines is 1. The molecule has 36 heavy (non-hydrogen) atoms. The number of fused-ring (bicyclic) bond motifs is 5. The van der Waals surface area contributed by atoms with E-state index in [9.17, 15) is 9.59 Å². The maximum absolute atomic E-state index is 13.6. The van der Waals surface area contributed by atoms with E-state index in [0.29, 0.717) is 42.2 Å². The fraction of sp³-hybridized carbons (Fsp3) is 0.731. The minimum Gasteiger partial charge on any atom is -0.368 e. The molecule has 2 aromatic heterocycles. The van der Waals surface area contributed by atoms with Crippen molar-refractivity contribution in [2.45, 2.75) is 77.8 Å². The van der Waals surface area contributed by atoms with Crippen LogP contribution in [0.1, 0.15) is 65.7 Å². The third-order valence-corrected chi connectivity index (χ3v) is 8.42. The quantitative estimate of drug-likeness (QED) is 0.582. The summed E-state index contributed by atoms with van der Waals surface area (Å²) in [6, 6.07) is 0.306. The van der Waals surface area contributed by atoms with Crippen LogP contribution < -0.4 is 16.0 Å². The minimum absolute atomic E-state index is 0.134. The summed E-state index contributed by atoms with van der Waals surface area (Å²) in [5.41, 5.74) is 7.38. The van der Waals surface area contributed by atoms with Crippen molar-refractivity contribution in [1.29, 1.82) is 0 Å². The van der Waals surface area contributed by atoms with E-state index in [0.717, 1.165) is 63.1 Å². The standard InChI is InChI=1S/C26H40N8O2/c1-15(2)19-8-7-16(3)9-22(36)34-12-17-10-18(20(34)5-4-6-21(35)30-19)13-33(11-17)25-23-24(29-14-28-23)31-26(27)32-25/h14-20H,4-13H2,1-3H3,(H,30,35)(H3,27,28,29,31,32)/t16-,17+,18+,19+,20+/m1/s1. The maximum Gasteiger partial charge on any atom is 0.224 e. The van der Waals surface area contributed by atoms with Gasteiger partial charge >= 0.3 is 0 Å². The van der Waals surface area contributed by atoms with Crippen molar-refractivity contribution in [2.24, 2.45) is 23.7 Å². The van der Waals surface area contributed by atoms with Crippen LogP contribution >= 0.6 is 0 Å². The number of nitrogens with zero attached hydrogens (tertiary/aromatic N) is 5. The largest absolute Gasteiger partial charge is 0.368 e. The van der Waals surface area contributed by atoms with Crippen LogP contribution in [-0.4, -0.2) is 68.4 Å². The fourth-order valence-electron chi connectivity index (χ4n) is 6.54. The van der Waals surface area contributed by atoms with Crippen molar-refractivity contribution < 1.29 is 9.59 Å². The Morgan fingerprint density at radius 1 is 1.11 bits per heavy atom. The molecule has 3 saturated heterocycles. The smallest absolute Gasteiger partial charge is 0.224 e. The molecule has 10 nitrogen and oxygen atoms in total. The Hall–Kier alpha value is -2.91. The lowest BCUT2D eigenvalue weighted by Crippen LogP contribution is -2.59. The Labute approximate surface area is 212 Å². The lowest BCUT2D eigenvalue weighted by Gasteiger charge is -2.51. The number of imidazole rings is 1. The van der Waals surface area contributed by atoms with E-state index in [2.05, 4.69) is 55.8 Å². The first-order valence-corrected chi connectivity index (χ1v) is 13.6. The normalized spacial score (nSPS) is 30.4. The van der Waals surface area contributed by atoms with Gasteiger partial charge in [-0.1, -0.05) is 20.8 Å². The number of carbonyl (C=O) groups excluding carboxylic acids is 2. The van der Waals surface area contributed by atoms with E-state index < -0.39 is 0 Å². The number of carbonyl (C=O) groups is 2. The molecule has 5 heterocycles. The molecular weight excluding hydrogens is 456 g/mol. The molecule has 10 heteroatoms. The number of hydrogen-bond acceptors (Lipinski definition) is 7. The van der Waals surface area contributed by atoms with Gasteiger partial charge in [-0.3, -0.25) is 9.59 Å². The number of nitrogen functional groups attached to an aromatic ring is 1. The Bertz CT molecular complexity index is 1100. The number of aromatic nitrogens is 4. The SMILES string of the molecule is CC(C)[C@@H]1CC[C@@H](C)CC(=O)N2C[C@H]3C[C@@H](CN(c4nc(N)nc5nc[nH]c45)C3)[C@@H]2CCCC(=O)N1. The van der Waals surface area contributed by atoms with Gasteiger partial charge in [0.05, 0.1) is 6.33 Å². The number of piperidine rings is 2. The Morgan fingerprint density at radius 2 is 1.94 bits per heavy atom. The first-order valence-electron chi connectivity index (χ1n) is 13.6. The average molecular weight is 497 g/mol. The molecule has 5 rings (SSSR count). The van der Waals surface area contributed by atoms with Crippen LogP contribution in [0.25, 0.3) is 11.2 Å². The molecule has 2 amide bonds. The van der Waals surface area contributed by atoms with Crippen LogP contribution in [0.2, 0.25) is 0 Å². The average Bonchev–Trinajstić information content (AvgIpc) is 3.30. The predicted molar refractivity (Wildman–Crippen MR) is 139 cm³/mol. The highest BCUT2D eigenvalue weighted by molar-refractivity contribution is 5.84. The van der Waals surface area contributed by atoms with Crippen LogP contribution in [0.3, 0.4) is 0 Å². The van der Waals surface area contributed by atoms with E-state index >= 15 is 0 Å². The van der Waals surface area contributed by atoms with E-state index in [1.165, 1.54) is 0 Å². The first-order chi connectivity index (χ1) is 17.3. The monoisotopic (exact) mass is 496 g/mol. The van der Waals surface area contributed by atoms with Gasteiger partial charge in [-0.05, 0) is 55.8 Å². The van der Waals surface area contributed by atoms with Crippen molar-refractivity contribution in [3.05, 3.63) is 6.33 Å². The number of rotatable bonds is 2. The zero-order valence-electron chi connectivity index (χ0n) is 21.7. The van der Waals surface area contributed by atoms with Gasteiger partial charge in [-0.15, -0.1) is 0 Å². The number of H-pyrrole nitrogens is 1. The van der Waals surface area contributed by atoms with Gasteiger partial charge in [0.1, 0.15) is 5.52 Å². The number of nitrogens with one attached hydrogen (secondary N) is 2. The van der Waals surface area contributed by atoms with Gasteiger partial charge in [-0.25, -0.2) is 4.98 Å². The van der Waals surface area contributed by atoms with Crippen LogP contribution in [0.15, 0.2) is 6.33 Å². The second-order valence-corrected chi connectivity index (χ2v) is 11.6. The zero-order valence-corrected chi connectivity index (χ0v) is 21.7. The van der Waals surface area contributed by atoms with E-state index in [1.54, 1.807) is 6.33 Å². The third kappa shape index (κ3) is 5.13. The molecule has 2 aromatic rings. The molecule has 0 unspecified atom stereocenters. The zero-order chi connectivity index (χ0) is 25.4. The lowest BCUT2D eigenvalue weighted by atomic mass is 9.77. The highest BCUT2D eigenvalue weighted by Gasteiger charge is 2.43. The summed E-state index contributed by atoms with van der Waals surface area (Å²) in [5.74, 6) is 2.80. The first kappa shape index (κ1) is 24.8. The van der Waals surface area contributed by atoms with Crippen LogP contribution in [-0.2, 0) is 9.59 Å². The van der Waals surface area contributed by atoms with Gasteiger partial charge < -0.3 is 25.8 Å². The molecule has 2 bridgehead atoms. The number of amides is 2. The maximum atomic E-state index is 13.6. The molecule has 0 aliphatic carbocycles. The second kappa shape index (κ2) is 10.2. The second-order valence-electron chi connectivity index (χ2n) is 11.6. The van der Waals surface area contributed by atoms with Crippen molar-refractivity contribution in [3.8, 4) is 0 Å². The molecule has 3 fully saturated rings. The minimum atomic E-state index is 0.134. The fourth-order valence-corrected chi connectivity index (χ4v) is 6.54. The summed E-state index contributed by atoms with van der Waals surface area (Å²) in [6.45, 7) is 8.88. The van der Waals surface area contributed by atoms with Crippen LogP contribution in [0.4, 0.5) is 11.8 Å². The molecule has 3 aliphatic rings. The molecule has 3 aliphatic heterocycles. The summed E-state index contributed by atoms with van der Waals surface area (Å²) in [6.07, 6.45) is 7.30. The summed E-state index contributed by atoms with van der Waals surface area (Å²) in [5, 5.41) is 3.27.